The molecule has 0 aliphatic heterocycles. The fourth-order valence-corrected chi connectivity index (χ4v) is 2.69. The fourth-order valence-electron chi connectivity index (χ4n) is 2.56. The summed E-state index contributed by atoms with van der Waals surface area (Å²) in [6, 6.07) is 8.82. The Bertz CT molecular complexity index is 401. The Morgan fingerprint density at radius 3 is 2.50 bits per heavy atom. The van der Waals surface area contributed by atoms with Crippen molar-refractivity contribution in [2.45, 2.75) is 51.8 Å². The van der Waals surface area contributed by atoms with Crippen molar-refractivity contribution < 1.29 is 5.11 Å². The lowest BCUT2D eigenvalue weighted by Gasteiger charge is -2.50. The van der Waals surface area contributed by atoms with E-state index in [0.717, 1.165) is 17.9 Å². The van der Waals surface area contributed by atoms with E-state index in [9.17, 15) is 5.11 Å². The normalized spacial score (nSPS) is 27.6. The largest absolute Gasteiger partial charge is 0.392 e. The molecule has 1 fully saturated rings. The minimum Gasteiger partial charge on any atom is -0.392 e. The zero-order valence-corrected chi connectivity index (χ0v) is 12.0. The Hall–Kier alpha value is -0.570. The molecule has 18 heavy (non-hydrogen) atoms. The van der Waals surface area contributed by atoms with Gasteiger partial charge in [-0.15, -0.1) is 0 Å². The van der Waals surface area contributed by atoms with Gasteiger partial charge in [0.25, 0.3) is 0 Å². The Kier molecular flexibility index (Phi) is 4.00. The highest BCUT2D eigenvalue weighted by Crippen LogP contribution is 2.40. The van der Waals surface area contributed by atoms with Crippen LogP contribution in [0.3, 0.4) is 0 Å². The van der Waals surface area contributed by atoms with Crippen molar-refractivity contribution in [1.82, 2.24) is 5.32 Å². The molecular formula is C15H22ClNO. The number of aliphatic hydroxyl groups excluding tert-OH is 1. The number of aliphatic hydroxyl groups is 1. The minimum absolute atomic E-state index is 0.00570. The standard InChI is InChI=1S/C15H22ClNO/c1-10(8-11-4-6-12(16)7-5-11)17-13-9-14(18)15(13,2)3/h4-7,10,13-14,17-18H,8-9H2,1-3H3. The van der Waals surface area contributed by atoms with Crippen LogP contribution in [-0.4, -0.2) is 23.3 Å². The first-order valence-electron chi connectivity index (χ1n) is 6.58. The van der Waals surface area contributed by atoms with Gasteiger partial charge in [0, 0.05) is 22.5 Å². The number of benzene rings is 1. The van der Waals surface area contributed by atoms with Crippen LogP contribution in [0, 0.1) is 5.41 Å². The summed E-state index contributed by atoms with van der Waals surface area (Å²) >= 11 is 5.87. The van der Waals surface area contributed by atoms with Crippen LogP contribution in [0.2, 0.25) is 5.02 Å². The summed E-state index contributed by atoms with van der Waals surface area (Å²) in [6.45, 7) is 6.43. The zero-order chi connectivity index (χ0) is 13.3. The van der Waals surface area contributed by atoms with Crippen LogP contribution in [0.15, 0.2) is 24.3 Å². The van der Waals surface area contributed by atoms with Crippen molar-refractivity contribution in [3.63, 3.8) is 0 Å². The van der Waals surface area contributed by atoms with Gasteiger partial charge in [-0.25, -0.2) is 0 Å². The van der Waals surface area contributed by atoms with Gasteiger partial charge in [-0.1, -0.05) is 37.6 Å². The van der Waals surface area contributed by atoms with Gasteiger partial charge in [-0.05, 0) is 37.5 Å². The van der Waals surface area contributed by atoms with Gasteiger partial charge in [0.05, 0.1) is 6.10 Å². The molecule has 3 atom stereocenters. The molecule has 2 N–H and O–H groups in total. The van der Waals surface area contributed by atoms with Gasteiger partial charge in [0.2, 0.25) is 0 Å². The molecule has 0 saturated heterocycles. The summed E-state index contributed by atoms with van der Waals surface area (Å²) in [6.07, 6.45) is 1.68. The van der Waals surface area contributed by atoms with Gasteiger partial charge in [0.15, 0.2) is 0 Å². The first kappa shape index (κ1) is 13.9. The zero-order valence-electron chi connectivity index (χ0n) is 11.3. The van der Waals surface area contributed by atoms with Crippen molar-refractivity contribution in [3.05, 3.63) is 34.9 Å². The Morgan fingerprint density at radius 1 is 1.39 bits per heavy atom. The molecule has 1 aliphatic rings. The van der Waals surface area contributed by atoms with Crippen LogP contribution in [-0.2, 0) is 6.42 Å². The SMILES string of the molecule is CC(Cc1ccc(Cl)cc1)NC1CC(O)C1(C)C. The molecule has 0 heterocycles. The lowest BCUT2D eigenvalue weighted by atomic mass is 9.64. The second kappa shape index (κ2) is 5.20. The van der Waals surface area contributed by atoms with E-state index in [1.165, 1.54) is 5.56 Å². The molecule has 0 amide bonds. The van der Waals surface area contributed by atoms with Crippen LogP contribution >= 0.6 is 11.6 Å². The maximum atomic E-state index is 9.72. The van der Waals surface area contributed by atoms with Crippen molar-refractivity contribution in [1.29, 1.82) is 0 Å². The van der Waals surface area contributed by atoms with E-state index in [1.807, 2.05) is 12.1 Å². The highest BCUT2D eigenvalue weighted by molar-refractivity contribution is 6.30. The molecule has 1 aromatic rings. The lowest BCUT2D eigenvalue weighted by molar-refractivity contribution is -0.0752. The maximum absolute atomic E-state index is 9.72. The summed E-state index contributed by atoms with van der Waals surface area (Å²) in [4.78, 5) is 0. The topological polar surface area (TPSA) is 32.3 Å². The van der Waals surface area contributed by atoms with Gasteiger partial charge in [-0.2, -0.15) is 0 Å². The highest BCUT2D eigenvalue weighted by atomic mass is 35.5. The molecule has 3 heteroatoms. The van der Waals surface area contributed by atoms with E-state index in [1.54, 1.807) is 0 Å². The molecule has 1 saturated carbocycles. The van der Waals surface area contributed by atoms with E-state index >= 15 is 0 Å². The number of nitrogens with one attached hydrogen (secondary N) is 1. The number of hydrogen-bond donors (Lipinski definition) is 2. The van der Waals surface area contributed by atoms with E-state index in [0.29, 0.717) is 12.1 Å². The third-order valence-corrected chi connectivity index (χ3v) is 4.41. The average Bonchev–Trinajstić information content (AvgIpc) is 2.32. The monoisotopic (exact) mass is 267 g/mol. The van der Waals surface area contributed by atoms with Crippen molar-refractivity contribution >= 4 is 11.6 Å². The van der Waals surface area contributed by atoms with Gasteiger partial charge >= 0.3 is 0 Å². The predicted octanol–water partition coefficient (Wildman–Crippen LogP) is 3.02. The second-order valence-electron chi connectivity index (χ2n) is 6.02. The molecule has 0 radical (unpaired) electrons. The van der Waals surface area contributed by atoms with E-state index < -0.39 is 0 Å². The van der Waals surface area contributed by atoms with Gasteiger partial charge in [-0.3, -0.25) is 0 Å². The highest BCUT2D eigenvalue weighted by Gasteiger charge is 2.47. The molecule has 0 bridgehead atoms. The average molecular weight is 268 g/mol. The molecule has 2 rings (SSSR count). The van der Waals surface area contributed by atoms with Crippen LogP contribution < -0.4 is 5.32 Å². The summed E-state index contributed by atoms with van der Waals surface area (Å²) in [5, 5.41) is 14.1. The van der Waals surface area contributed by atoms with E-state index in [2.05, 4.69) is 38.2 Å². The first-order valence-corrected chi connectivity index (χ1v) is 6.96. The third-order valence-electron chi connectivity index (χ3n) is 4.16. The minimum atomic E-state index is -0.169. The van der Waals surface area contributed by atoms with Crippen LogP contribution in [0.5, 0.6) is 0 Å². The summed E-state index contributed by atoms with van der Waals surface area (Å²) < 4.78 is 0. The lowest BCUT2D eigenvalue weighted by Crippen LogP contribution is -2.61. The summed E-state index contributed by atoms with van der Waals surface area (Å²) in [5.74, 6) is 0. The summed E-state index contributed by atoms with van der Waals surface area (Å²) in [7, 11) is 0. The Morgan fingerprint density at radius 2 is 2.00 bits per heavy atom. The number of hydrogen-bond acceptors (Lipinski definition) is 2. The molecule has 100 valence electrons. The Balaban J connectivity index is 1.86. The fraction of sp³-hybridized carbons (Fsp3) is 0.600. The van der Waals surface area contributed by atoms with Gasteiger partial charge < -0.3 is 10.4 Å². The van der Waals surface area contributed by atoms with Crippen molar-refractivity contribution in [3.8, 4) is 0 Å². The molecule has 0 aromatic heterocycles. The maximum Gasteiger partial charge on any atom is 0.0621 e. The Labute approximate surface area is 114 Å². The van der Waals surface area contributed by atoms with Gasteiger partial charge in [0.1, 0.15) is 0 Å². The molecule has 2 nitrogen and oxygen atoms in total. The molecule has 1 aliphatic carbocycles. The third kappa shape index (κ3) is 2.87. The predicted molar refractivity (Wildman–Crippen MR) is 75.9 cm³/mol. The smallest absolute Gasteiger partial charge is 0.0621 e. The van der Waals surface area contributed by atoms with Crippen molar-refractivity contribution in [2.24, 2.45) is 5.41 Å². The van der Waals surface area contributed by atoms with E-state index in [-0.39, 0.29) is 11.5 Å². The molecular weight excluding hydrogens is 246 g/mol. The molecule has 0 spiro atoms. The quantitative estimate of drug-likeness (QED) is 0.879. The molecule has 3 unspecified atom stereocenters. The first-order chi connectivity index (χ1) is 8.39. The van der Waals surface area contributed by atoms with Crippen LogP contribution in [0.25, 0.3) is 0 Å². The van der Waals surface area contributed by atoms with Crippen LogP contribution in [0.4, 0.5) is 0 Å². The number of halogens is 1. The van der Waals surface area contributed by atoms with Crippen molar-refractivity contribution in [2.75, 3.05) is 0 Å². The second-order valence-corrected chi connectivity index (χ2v) is 6.46. The van der Waals surface area contributed by atoms with Crippen LogP contribution in [0.1, 0.15) is 32.8 Å². The summed E-state index contributed by atoms with van der Waals surface area (Å²) in [5.41, 5.74) is 1.28. The number of rotatable bonds is 4. The van der Waals surface area contributed by atoms with E-state index in [4.69, 9.17) is 11.6 Å². The molecule has 1 aromatic carbocycles.